The van der Waals surface area contributed by atoms with Crippen molar-refractivity contribution in [1.82, 2.24) is 20.3 Å². The topological polar surface area (TPSA) is 89.2 Å². The summed E-state index contributed by atoms with van der Waals surface area (Å²) in [4.78, 5) is 17.4. The molecule has 2 aromatic heterocycles. The van der Waals surface area contributed by atoms with E-state index in [1.54, 1.807) is 12.3 Å². The zero-order chi connectivity index (χ0) is 24.1. The van der Waals surface area contributed by atoms with E-state index in [1.807, 2.05) is 64.5 Å². The summed E-state index contributed by atoms with van der Waals surface area (Å²) in [6.07, 6.45) is 5.87. The molecule has 0 saturated carbocycles. The fourth-order valence-corrected chi connectivity index (χ4v) is 3.95. The number of pyridine rings is 1. The van der Waals surface area contributed by atoms with E-state index >= 15 is 0 Å². The smallest absolute Gasteiger partial charge is 0.232 e. The van der Waals surface area contributed by atoms with E-state index in [9.17, 15) is 0 Å². The summed E-state index contributed by atoms with van der Waals surface area (Å²) in [5.41, 5.74) is 6.66. The Morgan fingerprint density at radius 1 is 1.09 bits per heavy atom. The number of nitrogen functional groups attached to an aromatic ring is 1. The molecule has 7 nitrogen and oxygen atoms in total. The molecule has 1 aliphatic rings. The third kappa shape index (κ3) is 8.72. The van der Waals surface area contributed by atoms with E-state index < -0.39 is 0 Å². The number of aromatic nitrogens is 3. The second-order valence-electron chi connectivity index (χ2n) is 6.97. The average molecular weight is 489 g/mol. The molecule has 1 aromatic carbocycles. The standard InChI is InChI=1S/C20H20ClN5OS.C2H7N.C2H6/c21-15-5-3-4-14(10-15)13-27-19-17(28-16-6-7-18(22)23-11-16)12-24-20(25-19)26-8-1-2-9-26;1-3-2;1-2/h3-7,10-12H,1-2,8-9,13H2,(H2,22,23);3H,1-2H3;1-2H3. The van der Waals surface area contributed by atoms with Crippen LogP contribution >= 0.6 is 23.4 Å². The van der Waals surface area contributed by atoms with E-state index in [1.165, 1.54) is 11.8 Å². The lowest BCUT2D eigenvalue weighted by molar-refractivity contribution is 0.285. The van der Waals surface area contributed by atoms with Crippen LogP contribution in [0.2, 0.25) is 5.02 Å². The molecule has 1 saturated heterocycles. The van der Waals surface area contributed by atoms with Gasteiger partial charge in [-0.1, -0.05) is 49.3 Å². The molecule has 3 N–H and O–H groups in total. The molecule has 1 aliphatic heterocycles. The van der Waals surface area contributed by atoms with Crippen LogP contribution in [-0.2, 0) is 6.61 Å². The van der Waals surface area contributed by atoms with Crippen molar-refractivity contribution in [3.8, 4) is 5.88 Å². The van der Waals surface area contributed by atoms with E-state index in [-0.39, 0.29) is 0 Å². The van der Waals surface area contributed by atoms with Crippen LogP contribution in [0.15, 0.2) is 58.6 Å². The predicted molar refractivity (Wildman–Crippen MR) is 138 cm³/mol. The number of rotatable bonds is 6. The van der Waals surface area contributed by atoms with Gasteiger partial charge in [-0.3, -0.25) is 0 Å². The Bertz CT molecular complexity index is 967. The molecule has 9 heteroatoms. The number of anilines is 2. The van der Waals surface area contributed by atoms with Gasteiger partial charge in [0, 0.05) is 29.2 Å². The molecule has 178 valence electrons. The number of nitrogens with two attached hydrogens (primary N) is 1. The Hall–Kier alpha value is -2.55. The van der Waals surface area contributed by atoms with Gasteiger partial charge in [-0.05, 0) is 56.8 Å². The first-order valence-electron chi connectivity index (χ1n) is 11.1. The van der Waals surface area contributed by atoms with Crippen molar-refractivity contribution >= 4 is 35.1 Å². The summed E-state index contributed by atoms with van der Waals surface area (Å²) in [7, 11) is 3.75. The van der Waals surface area contributed by atoms with Crippen LogP contribution in [0.1, 0.15) is 32.3 Å². The highest BCUT2D eigenvalue weighted by Gasteiger charge is 2.18. The Morgan fingerprint density at radius 2 is 1.82 bits per heavy atom. The van der Waals surface area contributed by atoms with Crippen molar-refractivity contribution in [2.75, 3.05) is 37.8 Å². The van der Waals surface area contributed by atoms with Gasteiger partial charge < -0.3 is 20.7 Å². The summed E-state index contributed by atoms with van der Waals surface area (Å²) in [5.74, 6) is 1.75. The summed E-state index contributed by atoms with van der Waals surface area (Å²) in [5, 5.41) is 3.43. The van der Waals surface area contributed by atoms with E-state index in [4.69, 9.17) is 27.1 Å². The van der Waals surface area contributed by atoms with Crippen LogP contribution < -0.4 is 20.7 Å². The maximum Gasteiger partial charge on any atom is 0.232 e. The Kier molecular flexibility index (Phi) is 11.8. The van der Waals surface area contributed by atoms with Gasteiger partial charge in [-0.25, -0.2) is 9.97 Å². The summed E-state index contributed by atoms with van der Waals surface area (Å²) in [6, 6.07) is 11.3. The number of hydrogen-bond donors (Lipinski definition) is 2. The Labute approximate surface area is 206 Å². The average Bonchev–Trinajstić information content (AvgIpc) is 3.37. The lowest BCUT2D eigenvalue weighted by atomic mass is 10.2. The fourth-order valence-electron chi connectivity index (χ4n) is 2.95. The molecule has 0 unspecified atom stereocenters. The summed E-state index contributed by atoms with van der Waals surface area (Å²) < 4.78 is 6.07. The van der Waals surface area contributed by atoms with Gasteiger partial charge in [-0.15, -0.1) is 0 Å². The molecule has 4 rings (SSSR count). The summed E-state index contributed by atoms with van der Waals surface area (Å²) in [6.45, 7) is 6.33. The zero-order valence-electron chi connectivity index (χ0n) is 19.7. The number of hydrogen-bond acceptors (Lipinski definition) is 8. The number of ether oxygens (including phenoxy) is 1. The third-order valence-corrected chi connectivity index (χ3v) is 5.56. The minimum Gasteiger partial charge on any atom is -0.472 e. The lowest BCUT2D eigenvalue weighted by Gasteiger charge is -2.17. The van der Waals surface area contributed by atoms with Crippen LogP contribution in [0, 0.1) is 0 Å². The molecule has 0 amide bonds. The molecule has 3 heterocycles. The van der Waals surface area contributed by atoms with E-state index in [2.05, 4.69) is 20.2 Å². The molecule has 33 heavy (non-hydrogen) atoms. The minimum absolute atomic E-state index is 0.380. The third-order valence-electron chi connectivity index (χ3n) is 4.35. The number of nitrogens with one attached hydrogen (secondary N) is 1. The molecule has 1 fully saturated rings. The van der Waals surface area contributed by atoms with Crippen LogP contribution in [0.3, 0.4) is 0 Å². The maximum absolute atomic E-state index is 6.08. The Morgan fingerprint density at radius 3 is 2.45 bits per heavy atom. The molecule has 0 spiro atoms. The quantitative estimate of drug-likeness (QED) is 0.483. The molecule has 3 aromatic rings. The van der Waals surface area contributed by atoms with Gasteiger partial charge in [0.05, 0.1) is 11.1 Å². The highest BCUT2D eigenvalue weighted by atomic mass is 35.5. The van der Waals surface area contributed by atoms with Crippen molar-refractivity contribution in [1.29, 1.82) is 0 Å². The van der Waals surface area contributed by atoms with Crippen LogP contribution in [-0.4, -0.2) is 42.1 Å². The van der Waals surface area contributed by atoms with Crippen LogP contribution in [0.4, 0.5) is 11.8 Å². The van der Waals surface area contributed by atoms with Crippen molar-refractivity contribution in [2.45, 2.75) is 43.1 Å². The van der Waals surface area contributed by atoms with Gasteiger partial charge in [0.2, 0.25) is 11.8 Å². The van der Waals surface area contributed by atoms with Crippen molar-refractivity contribution in [3.63, 3.8) is 0 Å². The first-order valence-corrected chi connectivity index (χ1v) is 12.3. The van der Waals surface area contributed by atoms with Crippen molar-refractivity contribution < 1.29 is 4.74 Å². The van der Waals surface area contributed by atoms with Crippen molar-refractivity contribution in [2.24, 2.45) is 0 Å². The minimum atomic E-state index is 0.380. The van der Waals surface area contributed by atoms with Crippen molar-refractivity contribution in [3.05, 3.63) is 59.4 Å². The van der Waals surface area contributed by atoms with Crippen LogP contribution in [0.25, 0.3) is 0 Å². The second-order valence-corrected chi connectivity index (χ2v) is 8.52. The van der Waals surface area contributed by atoms with E-state index in [0.29, 0.717) is 29.3 Å². The SMILES string of the molecule is CC.CNC.Nc1ccc(Sc2cnc(N3CCCC3)nc2OCc2cccc(Cl)c2)cn1. The van der Waals surface area contributed by atoms with Gasteiger partial charge in [0.25, 0.3) is 0 Å². The monoisotopic (exact) mass is 488 g/mol. The molecule has 0 bridgehead atoms. The molecular formula is C24H33ClN6OS. The molecule has 0 radical (unpaired) electrons. The van der Waals surface area contributed by atoms with Gasteiger partial charge in [0.1, 0.15) is 12.4 Å². The second kappa shape index (κ2) is 14.6. The van der Waals surface area contributed by atoms with Crippen LogP contribution in [0.5, 0.6) is 5.88 Å². The van der Waals surface area contributed by atoms with Gasteiger partial charge in [0.15, 0.2) is 0 Å². The highest BCUT2D eigenvalue weighted by molar-refractivity contribution is 7.99. The zero-order valence-corrected chi connectivity index (χ0v) is 21.3. The highest BCUT2D eigenvalue weighted by Crippen LogP contribution is 2.35. The fraction of sp³-hybridized carbons (Fsp3) is 0.375. The number of benzene rings is 1. The lowest BCUT2D eigenvalue weighted by Crippen LogP contribution is -2.20. The van der Waals surface area contributed by atoms with E-state index in [0.717, 1.165) is 41.3 Å². The number of halogens is 1. The van der Waals surface area contributed by atoms with Gasteiger partial charge in [-0.2, -0.15) is 4.98 Å². The largest absolute Gasteiger partial charge is 0.472 e. The first kappa shape index (κ1) is 26.7. The first-order chi connectivity index (χ1) is 16.1. The van der Waals surface area contributed by atoms with Gasteiger partial charge >= 0.3 is 0 Å². The number of nitrogens with zero attached hydrogens (tertiary/aromatic N) is 4. The summed E-state index contributed by atoms with van der Waals surface area (Å²) >= 11 is 7.58. The molecule has 0 atom stereocenters. The maximum atomic E-state index is 6.08. The molecular weight excluding hydrogens is 456 g/mol. The Balaban J connectivity index is 0.000000714. The normalized spacial score (nSPS) is 12.3. The predicted octanol–water partition coefficient (Wildman–Crippen LogP) is 5.30. The molecule has 0 aliphatic carbocycles.